The van der Waals surface area contributed by atoms with E-state index in [1.54, 1.807) is 0 Å². The molecular weight excluding hydrogens is 212 g/mol. The molecule has 3 N–H and O–H groups in total. The molecule has 0 aliphatic heterocycles. The summed E-state index contributed by atoms with van der Waals surface area (Å²) < 4.78 is 4.69. The van der Waals surface area contributed by atoms with E-state index in [2.05, 4.69) is 15.4 Å². The Hall–Kier alpha value is -1.30. The first-order chi connectivity index (χ1) is 7.26. The highest BCUT2D eigenvalue weighted by Gasteiger charge is 2.20. The quantitative estimate of drug-likeness (QED) is 0.641. The van der Waals surface area contributed by atoms with E-state index in [1.807, 2.05) is 20.8 Å². The number of methoxy groups -OCH3 is 1. The lowest BCUT2D eigenvalue weighted by molar-refractivity contribution is -0.140. The zero-order chi connectivity index (χ0) is 12.8. The largest absolute Gasteiger partial charge is 0.480 e. The summed E-state index contributed by atoms with van der Waals surface area (Å²) in [6.07, 6.45) is 0. The van der Waals surface area contributed by atoms with Crippen LogP contribution in [0.2, 0.25) is 0 Å². The maximum Gasteiger partial charge on any atom is 0.328 e. The number of hydrogen-bond donors (Lipinski definition) is 3. The van der Waals surface area contributed by atoms with Crippen molar-refractivity contribution in [1.82, 2.24) is 10.6 Å². The Balaban J connectivity index is 4.05. The van der Waals surface area contributed by atoms with Gasteiger partial charge < -0.3 is 20.5 Å². The molecule has 1 atom stereocenters. The highest BCUT2D eigenvalue weighted by molar-refractivity contribution is 5.82. The summed E-state index contributed by atoms with van der Waals surface area (Å²) in [7, 11) is 1.38. The Morgan fingerprint density at radius 2 is 1.94 bits per heavy atom. The Morgan fingerprint density at radius 1 is 1.38 bits per heavy atom. The molecule has 0 aliphatic carbocycles. The predicted molar refractivity (Wildman–Crippen MR) is 59.3 cm³/mol. The van der Waals surface area contributed by atoms with Crippen LogP contribution in [0.25, 0.3) is 0 Å². The number of nitrogens with one attached hydrogen (secondary N) is 2. The van der Waals surface area contributed by atoms with Crippen molar-refractivity contribution in [2.24, 2.45) is 5.41 Å². The van der Waals surface area contributed by atoms with Crippen molar-refractivity contribution in [2.45, 2.75) is 26.8 Å². The fraction of sp³-hybridized carbons (Fsp3) is 0.800. The van der Waals surface area contributed by atoms with Gasteiger partial charge in [0, 0.05) is 13.7 Å². The van der Waals surface area contributed by atoms with Crippen LogP contribution in [-0.4, -0.2) is 43.4 Å². The number of carboxylic acid groups (broad SMARTS) is 1. The molecule has 0 rings (SSSR count). The number of carboxylic acids is 1. The van der Waals surface area contributed by atoms with Gasteiger partial charge in [-0.3, -0.25) is 0 Å². The van der Waals surface area contributed by atoms with E-state index in [0.717, 1.165) is 0 Å². The molecule has 0 bridgehead atoms. The van der Waals surface area contributed by atoms with E-state index in [9.17, 15) is 9.59 Å². The molecule has 6 heteroatoms. The first-order valence-electron chi connectivity index (χ1n) is 5.02. The fourth-order valence-electron chi connectivity index (χ4n) is 0.896. The average Bonchev–Trinajstić information content (AvgIpc) is 2.13. The highest BCUT2D eigenvalue weighted by atomic mass is 16.5. The van der Waals surface area contributed by atoms with Gasteiger partial charge >= 0.3 is 12.0 Å². The topological polar surface area (TPSA) is 87.7 Å². The Kier molecular flexibility index (Phi) is 5.81. The minimum atomic E-state index is -1.12. The lowest BCUT2D eigenvalue weighted by Gasteiger charge is -2.20. The standard InChI is InChI=1S/C10H20N2O4/c1-10(2,3)6-11-9(15)12-7(5-16-4)8(13)14/h7H,5-6H2,1-4H3,(H,13,14)(H2,11,12,15). The van der Waals surface area contributed by atoms with Crippen molar-refractivity contribution in [3.05, 3.63) is 0 Å². The van der Waals surface area contributed by atoms with Crippen molar-refractivity contribution in [3.63, 3.8) is 0 Å². The van der Waals surface area contributed by atoms with Gasteiger partial charge in [0.15, 0.2) is 6.04 Å². The molecule has 0 aromatic rings. The third-order valence-electron chi connectivity index (χ3n) is 1.72. The molecule has 0 saturated heterocycles. The monoisotopic (exact) mass is 232 g/mol. The van der Waals surface area contributed by atoms with Crippen molar-refractivity contribution in [2.75, 3.05) is 20.3 Å². The number of rotatable bonds is 5. The van der Waals surface area contributed by atoms with Gasteiger partial charge in [-0.15, -0.1) is 0 Å². The first-order valence-corrected chi connectivity index (χ1v) is 5.02. The number of amides is 2. The summed E-state index contributed by atoms with van der Waals surface area (Å²) in [5.74, 6) is -1.12. The Morgan fingerprint density at radius 3 is 2.31 bits per heavy atom. The zero-order valence-corrected chi connectivity index (χ0v) is 10.2. The van der Waals surface area contributed by atoms with Crippen LogP contribution in [0, 0.1) is 5.41 Å². The van der Waals surface area contributed by atoms with Crippen LogP contribution in [0.3, 0.4) is 0 Å². The van der Waals surface area contributed by atoms with Gasteiger partial charge in [0.2, 0.25) is 0 Å². The van der Waals surface area contributed by atoms with E-state index in [1.165, 1.54) is 7.11 Å². The molecule has 6 nitrogen and oxygen atoms in total. The Labute approximate surface area is 95.4 Å². The average molecular weight is 232 g/mol. The normalized spacial score (nSPS) is 13.0. The molecule has 0 aliphatic rings. The second-order valence-electron chi connectivity index (χ2n) is 4.73. The van der Waals surface area contributed by atoms with Gasteiger partial charge in [-0.1, -0.05) is 20.8 Å². The number of urea groups is 1. The van der Waals surface area contributed by atoms with Crippen LogP contribution < -0.4 is 10.6 Å². The summed E-state index contributed by atoms with van der Waals surface area (Å²) in [6, 6.07) is -1.52. The maximum atomic E-state index is 11.3. The molecule has 0 radical (unpaired) electrons. The SMILES string of the molecule is COCC(NC(=O)NCC(C)(C)C)C(=O)O. The van der Waals surface area contributed by atoms with E-state index < -0.39 is 18.0 Å². The molecule has 0 heterocycles. The first kappa shape index (κ1) is 14.7. The summed E-state index contributed by atoms with van der Waals surface area (Å²) in [5.41, 5.74) is -0.0443. The van der Waals surface area contributed by atoms with Gasteiger partial charge in [0.1, 0.15) is 0 Å². The molecular formula is C10H20N2O4. The van der Waals surface area contributed by atoms with Crippen LogP contribution in [-0.2, 0) is 9.53 Å². The van der Waals surface area contributed by atoms with E-state index >= 15 is 0 Å². The zero-order valence-electron chi connectivity index (χ0n) is 10.2. The van der Waals surface area contributed by atoms with Crippen molar-refractivity contribution < 1.29 is 19.4 Å². The fourth-order valence-corrected chi connectivity index (χ4v) is 0.896. The molecule has 0 aromatic carbocycles. The Bertz CT molecular complexity index is 248. The van der Waals surface area contributed by atoms with Crippen LogP contribution >= 0.6 is 0 Å². The summed E-state index contributed by atoms with van der Waals surface area (Å²) >= 11 is 0. The molecule has 1 unspecified atom stereocenters. The number of carbonyl (C=O) groups excluding carboxylic acids is 1. The maximum absolute atomic E-state index is 11.3. The van der Waals surface area contributed by atoms with Crippen LogP contribution in [0.1, 0.15) is 20.8 Å². The van der Waals surface area contributed by atoms with E-state index in [4.69, 9.17) is 5.11 Å². The number of hydrogen-bond acceptors (Lipinski definition) is 3. The molecule has 0 fully saturated rings. The third kappa shape index (κ3) is 7.05. The molecule has 2 amide bonds. The minimum absolute atomic E-state index is 0.0443. The second-order valence-corrected chi connectivity index (χ2v) is 4.73. The van der Waals surface area contributed by atoms with Gasteiger partial charge in [0.25, 0.3) is 0 Å². The second kappa shape index (κ2) is 6.32. The molecule has 94 valence electrons. The van der Waals surface area contributed by atoms with Crippen molar-refractivity contribution in [3.8, 4) is 0 Å². The number of ether oxygens (including phenoxy) is 1. The van der Waals surface area contributed by atoms with Crippen LogP contribution in [0.15, 0.2) is 0 Å². The minimum Gasteiger partial charge on any atom is -0.480 e. The van der Waals surface area contributed by atoms with Crippen LogP contribution in [0.4, 0.5) is 4.79 Å². The third-order valence-corrected chi connectivity index (χ3v) is 1.72. The predicted octanol–water partition coefficient (Wildman–Crippen LogP) is 0.431. The summed E-state index contributed by atoms with van der Waals surface area (Å²) in [6.45, 7) is 6.32. The van der Waals surface area contributed by atoms with Crippen molar-refractivity contribution in [1.29, 1.82) is 0 Å². The smallest absolute Gasteiger partial charge is 0.328 e. The molecule has 0 aromatic heterocycles. The van der Waals surface area contributed by atoms with Crippen molar-refractivity contribution >= 4 is 12.0 Å². The number of carbonyl (C=O) groups is 2. The lowest BCUT2D eigenvalue weighted by atomic mass is 9.97. The van der Waals surface area contributed by atoms with Gasteiger partial charge in [-0.2, -0.15) is 0 Å². The lowest BCUT2D eigenvalue weighted by Crippen LogP contribution is -2.49. The molecule has 0 saturated carbocycles. The summed E-state index contributed by atoms with van der Waals surface area (Å²) in [4.78, 5) is 22.0. The van der Waals surface area contributed by atoms with Gasteiger partial charge in [-0.25, -0.2) is 9.59 Å². The molecule has 0 spiro atoms. The highest BCUT2D eigenvalue weighted by Crippen LogP contribution is 2.09. The van der Waals surface area contributed by atoms with E-state index in [0.29, 0.717) is 6.54 Å². The van der Waals surface area contributed by atoms with Gasteiger partial charge in [-0.05, 0) is 5.41 Å². The molecule has 16 heavy (non-hydrogen) atoms. The van der Waals surface area contributed by atoms with Crippen LogP contribution in [0.5, 0.6) is 0 Å². The van der Waals surface area contributed by atoms with E-state index in [-0.39, 0.29) is 12.0 Å². The number of aliphatic carboxylic acids is 1. The van der Waals surface area contributed by atoms with Gasteiger partial charge in [0.05, 0.1) is 6.61 Å². The summed E-state index contributed by atoms with van der Waals surface area (Å²) in [5, 5.41) is 13.7.